The third-order valence-corrected chi connectivity index (χ3v) is 0.907. The topological polar surface area (TPSA) is 0 Å². The fraction of sp³-hybridized carbons (Fsp3) is 0.583. The van der Waals surface area contributed by atoms with E-state index in [1.54, 1.807) is 0 Å². The molecule has 0 nitrogen and oxygen atoms in total. The molecule has 1 heteroatoms. The van der Waals surface area contributed by atoms with Gasteiger partial charge in [-0.3, -0.25) is 0 Å². The zero-order valence-corrected chi connectivity index (χ0v) is 14.3. The van der Waals surface area contributed by atoms with E-state index in [0.717, 1.165) is 6.42 Å². The standard InChI is InChI=1S/C8H13.2C2H6.U/c1-4-6-8(3)7-5-2;2*1-2;/h4,6-7H,1,5H2,2-3H3;2*1-2H3;/q-1;;;/b6-4-,8-7-;;;. The van der Waals surface area contributed by atoms with Gasteiger partial charge in [-0.2, -0.15) is 0 Å². The molecule has 0 aliphatic carbocycles. The largest absolute Gasteiger partial charge is 0.245 e. The van der Waals surface area contributed by atoms with Crippen LogP contribution in [0.15, 0.2) is 23.8 Å². The van der Waals surface area contributed by atoms with E-state index in [9.17, 15) is 0 Å². The van der Waals surface area contributed by atoms with E-state index in [0.29, 0.717) is 0 Å². The van der Waals surface area contributed by atoms with E-state index in [-0.39, 0.29) is 31.1 Å². The molecule has 0 aliphatic rings. The van der Waals surface area contributed by atoms with Crippen molar-refractivity contribution in [2.45, 2.75) is 48.0 Å². The Labute approximate surface area is 109 Å². The first kappa shape index (κ1) is 23.3. The molecule has 0 N–H and O–H groups in total. The smallest absolute Gasteiger partial charge is 0 e. The predicted octanol–water partition coefficient (Wildman–Crippen LogP) is 4.79. The van der Waals surface area contributed by atoms with Crippen LogP contribution in [0.5, 0.6) is 0 Å². The van der Waals surface area contributed by atoms with E-state index >= 15 is 0 Å². The van der Waals surface area contributed by atoms with Gasteiger partial charge in [-0.05, 0) is 6.42 Å². The SMILES string of the molecule is CC.CC.[CH2-]/C=C\C(C)=C/CC.[U]. The first-order valence-electron chi connectivity index (χ1n) is 4.93. The van der Waals surface area contributed by atoms with Crippen molar-refractivity contribution in [3.8, 4) is 0 Å². The van der Waals surface area contributed by atoms with E-state index in [2.05, 4.69) is 26.8 Å². The van der Waals surface area contributed by atoms with Crippen molar-refractivity contribution in [2.75, 3.05) is 0 Å². The Morgan fingerprint density at radius 1 is 1.15 bits per heavy atom. The molecule has 0 spiro atoms. The summed E-state index contributed by atoms with van der Waals surface area (Å²) >= 11 is 0. The molecule has 78 valence electrons. The molecule has 0 fully saturated rings. The zero-order chi connectivity index (χ0) is 10.4. The van der Waals surface area contributed by atoms with Gasteiger partial charge < -0.3 is 0 Å². The van der Waals surface area contributed by atoms with Gasteiger partial charge in [-0.25, -0.2) is 19.1 Å². The van der Waals surface area contributed by atoms with Crippen LogP contribution in [-0.2, 0) is 0 Å². The molecule has 0 rings (SSSR count). The minimum atomic E-state index is 0. The minimum Gasteiger partial charge on any atom is -0.245 e. The fourth-order valence-electron chi connectivity index (χ4n) is 0.576. The van der Waals surface area contributed by atoms with Gasteiger partial charge in [0.2, 0.25) is 0 Å². The van der Waals surface area contributed by atoms with Crippen LogP contribution in [0.2, 0.25) is 0 Å². The van der Waals surface area contributed by atoms with Gasteiger partial charge in [0.05, 0.1) is 0 Å². The predicted molar refractivity (Wildman–Crippen MR) is 61.2 cm³/mol. The minimum absolute atomic E-state index is 0. The second-order valence-corrected chi connectivity index (χ2v) is 1.76. The molecule has 0 radical (unpaired) electrons. The van der Waals surface area contributed by atoms with Crippen LogP contribution < -0.4 is 0 Å². The van der Waals surface area contributed by atoms with Crippen molar-refractivity contribution in [3.05, 3.63) is 30.7 Å². The van der Waals surface area contributed by atoms with Crippen molar-refractivity contribution in [1.82, 2.24) is 0 Å². The van der Waals surface area contributed by atoms with E-state index < -0.39 is 0 Å². The van der Waals surface area contributed by atoms with E-state index in [1.807, 2.05) is 39.8 Å². The van der Waals surface area contributed by atoms with Crippen LogP contribution in [0.4, 0.5) is 0 Å². The van der Waals surface area contributed by atoms with Gasteiger partial charge in [0.25, 0.3) is 0 Å². The van der Waals surface area contributed by atoms with Crippen molar-refractivity contribution in [2.24, 2.45) is 0 Å². The molecule has 0 unspecified atom stereocenters. The Kier molecular flexibility index (Phi) is 52.8. The Hall–Kier alpha value is 0.402. The normalized spacial score (nSPS) is 8.92. The molecular formula is C12H25U-. The molecule has 0 aromatic carbocycles. The molecule has 0 saturated heterocycles. The second kappa shape index (κ2) is 29.4. The molecule has 0 saturated carbocycles. The molecule has 0 aromatic heterocycles. The zero-order valence-electron chi connectivity index (χ0n) is 10.1. The molecule has 0 bridgehead atoms. The molecule has 0 heterocycles. The van der Waals surface area contributed by atoms with E-state index in [1.165, 1.54) is 5.57 Å². The first-order valence-corrected chi connectivity index (χ1v) is 4.93. The second-order valence-electron chi connectivity index (χ2n) is 1.76. The van der Waals surface area contributed by atoms with Crippen LogP contribution in [-0.4, -0.2) is 0 Å². The molecule has 0 amide bonds. The van der Waals surface area contributed by atoms with Crippen molar-refractivity contribution in [1.29, 1.82) is 0 Å². The first-order chi connectivity index (χ1) is 5.81. The monoisotopic (exact) mass is 407 g/mol. The number of allylic oxidation sites excluding steroid dienone is 4. The van der Waals surface area contributed by atoms with Crippen molar-refractivity contribution in [3.63, 3.8) is 0 Å². The quantitative estimate of drug-likeness (QED) is 0.456. The molecule has 0 aliphatic heterocycles. The summed E-state index contributed by atoms with van der Waals surface area (Å²) in [7, 11) is 0. The Morgan fingerprint density at radius 3 is 1.77 bits per heavy atom. The Balaban J connectivity index is -0.0000000712. The third-order valence-electron chi connectivity index (χ3n) is 0.907. The van der Waals surface area contributed by atoms with Gasteiger partial charge in [-0.15, -0.1) is 5.57 Å². The number of rotatable bonds is 2. The van der Waals surface area contributed by atoms with Crippen LogP contribution in [0.3, 0.4) is 0 Å². The average Bonchev–Trinajstić information content (AvgIpc) is 2.12. The van der Waals surface area contributed by atoms with Gasteiger partial charge in [0.15, 0.2) is 0 Å². The van der Waals surface area contributed by atoms with E-state index in [4.69, 9.17) is 0 Å². The summed E-state index contributed by atoms with van der Waals surface area (Å²) in [6.07, 6.45) is 7.09. The summed E-state index contributed by atoms with van der Waals surface area (Å²) in [5.74, 6) is 0. The average molecular weight is 407 g/mol. The van der Waals surface area contributed by atoms with Crippen molar-refractivity contribution < 1.29 is 31.1 Å². The van der Waals surface area contributed by atoms with Crippen LogP contribution in [0, 0.1) is 38.0 Å². The summed E-state index contributed by atoms with van der Waals surface area (Å²) in [6, 6.07) is 0. The summed E-state index contributed by atoms with van der Waals surface area (Å²) in [5.41, 5.74) is 1.29. The van der Waals surface area contributed by atoms with Crippen LogP contribution >= 0.6 is 0 Å². The fourth-order valence-corrected chi connectivity index (χ4v) is 0.576. The summed E-state index contributed by atoms with van der Waals surface area (Å²) in [5, 5.41) is 0. The summed E-state index contributed by atoms with van der Waals surface area (Å²) in [4.78, 5) is 0. The third kappa shape index (κ3) is 32.7. The molecular weight excluding hydrogens is 382 g/mol. The van der Waals surface area contributed by atoms with Gasteiger partial charge in [-0.1, -0.05) is 47.6 Å². The van der Waals surface area contributed by atoms with Crippen LogP contribution in [0.25, 0.3) is 0 Å². The maximum absolute atomic E-state index is 3.59. The number of hydrogen-bond donors (Lipinski definition) is 0. The Bertz CT molecular complexity index is 102. The number of hydrogen-bond acceptors (Lipinski definition) is 0. The molecule has 13 heavy (non-hydrogen) atoms. The van der Waals surface area contributed by atoms with Gasteiger partial charge in [0, 0.05) is 31.1 Å². The van der Waals surface area contributed by atoms with Crippen molar-refractivity contribution >= 4 is 0 Å². The maximum atomic E-state index is 3.59. The van der Waals surface area contributed by atoms with Gasteiger partial charge >= 0.3 is 0 Å². The Morgan fingerprint density at radius 2 is 1.54 bits per heavy atom. The molecule has 0 aromatic rings. The molecule has 0 atom stereocenters. The summed E-state index contributed by atoms with van der Waals surface area (Å²) in [6.45, 7) is 15.8. The van der Waals surface area contributed by atoms with Gasteiger partial charge in [0.1, 0.15) is 0 Å². The maximum Gasteiger partial charge on any atom is 0 e. The summed E-state index contributed by atoms with van der Waals surface area (Å²) < 4.78 is 0. The van der Waals surface area contributed by atoms with Crippen LogP contribution in [0.1, 0.15) is 48.0 Å².